The van der Waals surface area contributed by atoms with Crippen molar-refractivity contribution in [3.63, 3.8) is 0 Å². The maximum atomic E-state index is 4.26. The Balaban J connectivity index is 4.13. The van der Waals surface area contributed by atoms with E-state index in [0.29, 0.717) is 5.92 Å². The smallest absolute Gasteiger partial charge is 0.0174 e. The first-order valence-corrected chi connectivity index (χ1v) is 6.61. The third-order valence-electron chi connectivity index (χ3n) is 3.15. The van der Waals surface area contributed by atoms with Crippen LogP contribution in [0.4, 0.5) is 0 Å². The molecular weight excluding hydrogens is 182 g/mol. The molecule has 0 amide bonds. The van der Waals surface area contributed by atoms with Gasteiger partial charge in [-0.2, -0.15) is 0 Å². The Kier molecular flexibility index (Phi) is 8.55. The quantitative estimate of drug-likeness (QED) is 0.544. The molecule has 1 heteroatoms. The minimum atomic E-state index is 0.638. The fourth-order valence-corrected chi connectivity index (χ4v) is 1.64. The zero-order valence-electron chi connectivity index (χ0n) is 11.2. The molecule has 0 aliphatic heterocycles. The highest BCUT2D eigenvalue weighted by atomic mass is 15.1. The molecular formula is C14H29N. The van der Waals surface area contributed by atoms with Gasteiger partial charge in [-0.1, -0.05) is 47.1 Å². The van der Waals surface area contributed by atoms with Gasteiger partial charge in [-0.25, -0.2) is 0 Å². The molecule has 15 heavy (non-hydrogen) atoms. The first-order valence-electron chi connectivity index (χ1n) is 6.61. The summed E-state index contributed by atoms with van der Waals surface area (Å²) < 4.78 is 0. The molecule has 0 radical (unpaired) electrons. The van der Waals surface area contributed by atoms with Crippen LogP contribution in [0, 0.1) is 5.92 Å². The van der Waals surface area contributed by atoms with Crippen molar-refractivity contribution in [3.05, 3.63) is 12.3 Å². The summed E-state index contributed by atoms with van der Waals surface area (Å²) in [6, 6.07) is 0. The van der Waals surface area contributed by atoms with Gasteiger partial charge >= 0.3 is 0 Å². The average Bonchev–Trinajstić information content (AvgIpc) is 2.27. The van der Waals surface area contributed by atoms with Gasteiger partial charge < -0.3 is 4.90 Å². The summed E-state index contributed by atoms with van der Waals surface area (Å²) in [5.74, 6) is 0.638. The molecule has 1 unspecified atom stereocenters. The lowest BCUT2D eigenvalue weighted by atomic mass is 10.0. The van der Waals surface area contributed by atoms with Gasteiger partial charge in [-0.3, -0.25) is 0 Å². The summed E-state index contributed by atoms with van der Waals surface area (Å²) in [4.78, 5) is 2.50. The van der Waals surface area contributed by atoms with Gasteiger partial charge in [0.15, 0.2) is 0 Å². The molecule has 0 aromatic rings. The molecule has 0 saturated heterocycles. The van der Waals surface area contributed by atoms with E-state index in [-0.39, 0.29) is 0 Å². The van der Waals surface area contributed by atoms with Gasteiger partial charge in [-0.15, -0.1) is 0 Å². The van der Waals surface area contributed by atoms with Crippen molar-refractivity contribution in [1.82, 2.24) is 4.90 Å². The van der Waals surface area contributed by atoms with Gasteiger partial charge in [0, 0.05) is 18.8 Å². The van der Waals surface area contributed by atoms with Crippen molar-refractivity contribution in [2.75, 3.05) is 13.1 Å². The van der Waals surface area contributed by atoms with Crippen LogP contribution < -0.4 is 0 Å². The van der Waals surface area contributed by atoms with Gasteiger partial charge in [0.25, 0.3) is 0 Å². The van der Waals surface area contributed by atoms with Crippen LogP contribution in [0.3, 0.4) is 0 Å². The van der Waals surface area contributed by atoms with Crippen molar-refractivity contribution < 1.29 is 0 Å². The van der Waals surface area contributed by atoms with Crippen LogP contribution in [0.25, 0.3) is 0 Å². The van der Waals surface area contributed by atoms with E-state index < -0.39 is 0 Å². The Labute approximate surface area is 96.6 Å². The van der Waals surface area contributed by atoms with Crippen LogP contribution in [-0.2, 0) is 0 Å². The first kappa shape index (κ1) is 14.5. The van der Waals surface area contributed by atoms with E-state index in [1.165, 1.54) is 50.9 Å². The Morgan fingerprint density at radius 1 is 1.07 bits per heavy atom. The standard InChI is InChI=1S/C14H29N/c1-6-9-11-15(12-10-7-2)14(5)13(4)8-3/h13H,5-12H2,1-4H3. The lowest BCUT2D eigenvalue weighted by Crippen LogP contribution is -2.28. The molecule has 0 saturated carbocycles. The number of unbranched alkanes of at least 4 members (excludes halogenated alkanes) is 2. The normalized spacial score (nSPS) is 12.5. The second-order valence-electron chi connectivity index (χ2n) is 4.49. The molecule has 90 valence electrons. The third kappa shape index (κ3) is 5.86. The Hall–Kier alpha value is -0.460. The average molecular weight is 211 g/mol. The molecule has 0 rings (SSSR count). The van der Waals surface area contributed by atoms with Crippen molar-refractivity contribution in [2.45, 2.75) is 59.8 Å². The van der Waals surface area contributed by atoms with E-state index in [0.717, 1.165) is 0 Å². The minimum Gasteiger partial charge on any atom is -0.375 e. The minimum absolute atomic E-state index is 0.638. The maximum absolute atomic E-state index is 4.26. The van der Waals surface area contributed by atoms with E-state index in [1.807, 2.05) is 0 Å². The summed E-state index contributed by atoms with van der Waals surface area (Å²) in [7, 11) is 0. The van der Waals surface area contributed by atoms with E-state index in [2.05, 4.69) is 39.2 Å². The Bertz CT molecular complexity index is 155. The van der Waals surface area contributed by atoms with Gasteiger partial charge in [-0.05, 0) is 25.2 Å². The van der Waals surface area contributed by atoms with Crippen LogP contribution in [0.1, 0.15) is 59.8 Å². The van der Waals surface area contributed by atoms with E-state index in [9.17, 15) is 0 Å². The van der Waals surface area contributed by atoms with Crippen molar-refractivity contribution in [1.29, 1.82) is 0 Å². The van der Waals surface area contributed by atoms with E-state index >= 15 is 0 Å². The summed E-state index contributed by atoms with van der Waals surface area (Å²) in [6.07, 6.45) is 6.33. The highest BCUT2D eigenvalue weighted by Crippen LogP contribution is 2.18. The molecule has 0 bridgehead atoms. The zero-order valence-corrected chi connectivity index (χ0v) is 11.2. The number of nitrogens with zero attached hydrogens (tertiary/aromatic N) is 1. The van der Waals surface area contributed by atoms with Crippen LogP contribution in [0.15, 0.2) is 12.3 Å². The molecule has 1 atom stereocenters. The predicted octanol–water partition coefficient (Wildman–Crippen LogP) is 4.45. The molecule has 0 N–H and O–H groups in total. The first-order chi connectivity index (χ1) is 7.17. The molecule has 1 nitrogen and oxygen atoms in total. The van der Waals surface area contributed by atoms with Gasteiger partial charge in [0.1, 0.15) is 0 Å². The molecule has 0 aromatic carbocycles. The Morgan fingerprint density at radius 2 is 1.53 bits per heavy atom. The van der Waals surface area contributed by atoms with E-state index in [1.54, 1.807) is 0 Å². The van der Waals surface area contributed by atoms with Gasteiger partial charge in [0.05, 0.1) is 0 Å². The lowest BCUT2D eigenvalue weighted by molar-refractivity contribution is 0.296. The summed E-state index contributed by atoms with van der Waals surface area (Å²) in [5.41, 5.74) is 1.35. The van der Waals surface area contributed by atoms with Crippen molar-refractivity contribution >= 4 is 0 Å². The second-order valence-corrected chi connectivity index (χ2v) is 4.49. The third-order valence-corrected chi connectivity index (χ3v) is 3.15. The van der Waals surface area contributed by atoms with Crippen molar-refractivity contribution in [2.24, 2.45) is 5.92 Å². The molecule has 0 fully saturated rings. The summed E-state index contributed by atoms with van der Waals surface area (Å²) >= 11 is 0. The lowest BCUT2D eigenvalue weighted by Gasteiger charge is -2.30. The van der Waals surface area contributed by atoms with Gasteiger partial charge in [0.2, 0.25) is 0 Å². The number of hydrogen-bond donors (Lipinski definition) is 0. The Morgan fingerprint density at radius 3 is 1.87 bits per heavy atom. The highest BCUT2D eigenvalue weighted by Gasteiger charge is 2.11. The highest BCUT2D eigenvalue weighted by molar-refractivity contribution is 4.98. The number of allylic oxidation sites excluding steroid dienone is 1. The molecule has 0 heterocycles. The van der Waals surface area contributed by atoms with Crippen LogP contribution in [0.5, 0.6) is 0 Å². The maximum Gasteiger partial charge on any atom is 0.0174 e. The fourth-order valence-electron chi connectivity index (χ4n) is 1.64. The van der Waals surface area contributed by atoms with Crippen molar-refractivity contribution in [3.8, 4) is 0 Å². The molecule has 0 spiro atoms. The van der Waals surface area contributed by atoms with Crippen LogP contribution in [-0.4, -0.2) is 18.0 Å². The summed E-state index contributed by atoms with van der Waals surface area (Å²) in [6.45, 7) is 15.7. The fraction of sp³-hybridized carbons (Fsp3) is 0.857. The predicted molar refractivity (Wildman–Crippen MR) is 70.0 cm³/mol. The topological polar surface area (TPSA) is 3.24 Å². The largest absolute Gasteiger partial charge is 0.375 e. The molecule has 0 aromatic heterocycles. The molecule has 0 aliphatic rings. The monoisotopic (exact) mass is 211 g/mol. The molecule has 0 aliphatic carbocycles. The van der Waals surface area contributed by atoms with Crippen LogP contribution >= 0.6 is 0 Å². The van der Waals surface area contributed by atoms with E-state index in [4.69, 9.17) is 0 Å². The van der Waals surface area contributed by atoms with Crippen LogP contribution in [0.2, 0.25) is 0 Å². The number of hydrogen-bond acceptors (Lipinski definition) is 1. The number of rotatable bonds is 9. The zero-order chi connectivity index (χ0) is 11.7. The second kappa shape index (κ2) is 8.82. The summed E-state index contributed by atoms with van der Waals surface area (Å²) in [5, 5.41) is 0. The SMILES string of the molecule is C=C(C(C)CC)N(CCCC)CCCC.